The third kappa shape index (κ3) is 4.23. The zero-order valence-electron chi connectivity index (χ0n) is 16.6. The predicted octanol–water partition coefficient (Wildman–Crippen LogP) is 4.81. The highest BCUT2D eigenvalue weighted by Crippen LogP contribution is 2.32. The van der Waals surface area contributed by atoms with Gasteiger partial charge in [-0.05, 0) is 50.5 Å². The van der Waals surface area contributed by atoms with Crippen molar-refractivity contribution in [1.82, 2.24) is 15.0 Å². The van der Waals surface area contributed by atoms with Crippen LogP contribution in [0.3, 0.4) is 0 Å². The SMILES string of the molecule is COc1cccc(-c2noc(C3CCCCN3C(=O)Nc3ccc(C)cc3)n2)c1. The number of aryl methyl sites for hydroxylation is 1. The Morgan fingerprint density at radius 1 is 1.21 bits per heavy atom. The van der Waals surface area contributed by atoms with Gasteiger partial charge in [0, 0.05) is 17.8 Å². The Balaban J connectivity index is 1.53. The second-order valence-corrected chi connectivity index (χ2v) is 7.19. The Kier molecular flexibility index (Phi) is 5.46. The van der Waals surface area contributed by atoms with Gasteiger partial charge in [0.05, 0.1) is 7.11 Å². The van der Waals surface area contributed by atoms with Crippen LogP contribution in [0, 0.1) is 6.92 Å². The maximum atomic E-state index is 12.9. The molecular formula is C22H24N4O3. The van der Waals surface area contributed by atoms with Crippen LogP contribution in [0.25, 0.3) is 11.4 Å². The second-order valence-electron chi connectivity index (χ2n) is 7.19. The maximum Gasteiger partial charge on any atom is 0.322 e. The number of rotatable bonds is 4. The van der Waals surface area contributed by atoms with Crippen LogP contribution in [0.4, 0.5) is 10.5 Å². The molecule has 7 heteroatoms. The molecule has 7 nitrogen and oxygen atoms in total. The lowest BCUT2D eigenvalue weighted by Gasteiger charge is -2.33. The molecule has 2 heterocycles. The summed E-state index contributed by atoms with van der Waals surface area (Å²) in [4.78, 5) is 19.3. The van der Waals surface area contributed by atoms with Gasteiger partial charge in [0.15, 0.2) is 0 Å². The van der Waals surface area contributed by atoms with E-state index in [1.807, 2.05) is 55.5 Å². The number of amides is 2. The average molecular weight is 392 g/mol. The highest BCUT2D eigenvalue weighted by molar-refractivity contribution is 5.89. The first-order valence-electron chi connectivity index (χ1n) is 9.76. The minimum Gasteiger partial charge on any atom is -0.497 e. The summed E-state index contributed by atoms with van der Waals surface area (Å²) in [5, 5.41) is 7.10. The lowest BCUT2D eigenvalue weighted by Crippen LogP contribution is -2.41. The number of methoxy groups -OCH3 is 1. The monoisotopic (exact) mass is 392 g/mol. The third-order valence-corrected chi connectivity index (χ3v) is 5.12. The number of hydrogen-bond donors (Lipinski definition) is 1. The van der Waals surface area contributed by atoms with Gasteiger partial charge in [0.2, 0.25) is 11.7 Å². The van der Waals surface area contributed by atoms with Gasteiger partial charge in [-0.25, -0.2) is 4.79 Å². The van der Waals surface area contributed by atoms with Gasteiger partial charge >= 0.3 is 6.03 Å². The van der Waals surface area contributed by atoms with Crippen molar-refractivity contribution in [2.75, 3.05) is 19.0 Å². The molecule has 4 rings (SSSR count). The highest BCUT2D eigenvalue weighted by Gasteiger charge is 2.32. The number of urea groups is 1. The number of anilines is 1. The molecule has 0 radical (unpaired) electrons. The van der Waals surface area contributed by atoms with Crippen molar-refractivity contribution in [1.29, 1.82) is 0 Å². The molecule has 3 aromatic rings. The number of hydrogen-bond acceptors (Lipinski definition) is 5. The standard InChI is InChI=1S/C22H24N4O3/c1-15-9-11-17(12-10-15)23-22(27)26-13-4-3-8-19(26)21-24-20(25-29-21)16-6-5-7-18(14-16)28-2/h5-7,9-12,14,19H,3-4,8,13H2,1-2H3,(H,23,27). The summed E-state index contributed by atoms with van der Waals surface area (Å²) in [5.41, 5.74) is 2.73. The van der Waals surface area contributed by atoms with Crippen LogP contribution in [0.15, 0.2) is 53.1 Å². The normalized spacial score (nSPS) is 16.5. The van der Waals surface area contributed by atoms with Crippen molar-refractivity contribution in [3.63, 3.8) is 0 Å². The first-order valence-corrected chi connectivity index (χ1v) is 9.76. The summed E-state index contributed by atoms with van der Waals surface area (Å²) in [6.45, 7) is 2.67. The molecule has 1 aliphatic heterocycles. The number of aromatic nitrogens is 2. The van der Waals surface area contributed by atoms with Gasteiger partial charge in [-0.1, -0.05) is 35.0 Å². The van der Waals surface area contributed by atoms with E-state index in [-0.39, 0.29) is 12.1 Å². The molecular weight excluding hydrogens is 368 g/mol. The van der Waals surface area contributed by atoms with E-state index in [9.17, 15) is 4.79 Å². The van der Waals surface area contributed by atoms with Crippen LogP contribution >= 0.6 is 0 Å². The lowest BCUT2D eigenvalue weighted by molar-refractivity contribution is 0.142. The van der Waals surface area contributed by atoms with Crippen molar-refractivity contribution < 1.29 is 14.1 Å². The van der Waals surface area contributed by atoms with Crippen molar-refractivity contribution >= 4 is 11.7 Å². The largest absolute Gasteiger partial charge is 0.497 e. The molecule has 2 aromatic carbocycles. The summed E-state index contributed by atoms with van der Waals surface area (Å²) >= 11 is 0. The smallest absolute Gasteiger partial charge is 0.322 e. The quantitative estimate of drug-likeness (QED) is 0.689. The van der Waals surface area contributed by atoms with Gasteiger partial charge in [-0.15, -0.1) is 0 Å². The summed E-state index contributed by atoms with van der Waals surface area (Å²) < 4.78 is 10.8. The van der Waals surface area contributed by atoms with E-state index in [1.165, 1.54) is 0 Å². The Hall–Kier alpha value is -3.35. The van der Waals surface area contributed by atoms with Crippen molar-refractivity contribution in [3.05, 3.63) is 60.0 Å². The minimum atomic E-state index is -0.235. The Labute approximate surface area is 169 Å². The average Bonchev–Trinajstić information content (AvgIpc) is 3.25. The molecule has 0 spiro atoms. The van der Waals surface area contributed by atoms with Crippen LogP contribution in [0.2, 0.25) is 0 Å². The zero-order chi connectivity index (χ0) is 20.2. The fraction of sp³-hybridized carbons (Fsp3) is 0.318. The van der Waals surface area contributed by atoms with E-state index < -0.39 is 0 Å². The molecule has 1 N–H and O–H groups in total. The number of likely N-dealkylation sites (tertiary alicyclic amines) is 1. The summed E-state index contributed by atoms with van der Waals surface area (Å²) in [6.07, 6.45) is 2.76. The Morgan fingerprint density at radius 2 is 2.03 bits per heavy atom. The molecule has 1 fully saturated rings. The number of nitrogens with one attached hydrogen (secondary N) is 1. The summed E-state index contributed by atoms with van der Waals surface area (Å²) in [6, 6.07) is 14.9. The van der Waals surface area contributed by atoms with E-state index >= 15 is 0 Å². The molecule has 0 aliphatic carbocycles. The Morgan fingerprint density at radius 3 is 2.83 bits per heavy atom. The number of carbonyl (C=O) groups is 1. The van der Waals surface area contributed by atoms with Crippen molar-refractivity contribution in [2.24, 2.45) is 0 Å². The van der Waals surface area contributed by atoms with Gasteiger partial charge in [0.1, 0.15) is 11.8 Å². The van der Waals surface area contributed by atoms with Crippen molar-refractivity contribution in [2.45, 2.75) is 32.2 Å². The summed E-state index contributed by atoms with van der Waals surface area (Å²) in [5.74, 6) is 1.68. The second kappa shape index (κ2) is 8.34. The van der Waals surface area contributed by atoms with E-state index in [0.717, 1.165) is 41.8 Å². The molecule has 0 bridgehead atoms. The molecule has 2 amide bonds. The zero-order valence-corrected chi connectivity index (χ0v) is 16.6. The van der Waals surface area contributed by atoms with Gasteiger partial charge in [-0.2, -0.15) is 4.98 Å². The fourth-order valence-corrected chi connectivity index (χ4v) is 3.51. The molecule has 1 unspecified atom stereocenters. The molecule has 150 valence electrons. The van der Waals surface area contributed by atoms with E-state index in [1.54, 1.807) is 12.0 Å². The number of ether oxygens (including phenoxy) is 1. The van der Waals surface area contributed by atoms with Crippen LogP contribution < -0.4 is 10.1 Å². The lowest BCUT2D eigenvalue weighted by atomic mass is 10.0. The number of carbonyl (C=O) groups excluding carboxylic acids is 1. The molecule has 1 aliphatic rings. The van der Waals surface area contributed by atoms with E-state index in [4.69, 9.17) is 9.26 Å². The molecule has 29 heavy (non-hydrogen) atoms. The number of benzene rings is 2. The maximum absolute atomic E-state index is 12.9. The van der Waals surface area contributed by atoms with Crippen LogP contribution in [0.1, 0.15) is 36.8 Å². The topological polar surface area (TPSA) is 80.5 Å². The van der Waals surface area contributed by atoms with Gasteiger partial charge in [-0.3, -0.25) is 0 Å². The van der Waals surface area contributed by atoms with E-state index in [0.29, 0.717) is 18.3 Å². The fourth-order valence-electron chi connectivity index (χ4n) is 3.51. The first-order chi connectivity index (χ1) is 14.1. The Bertz CT molecular complexity index is 984. The predicted molar refractivity (Wildman–Crippen MR) is 110 cm³/mol. The van der Waals surface area contributed by atoms with Crippen molar-refractivity contribution in [3.8, 4) is 17.1 Å². The first kappa shape index (κ1) is 19.0. The molecule has 1 saturated heterocycles. The minimum absolute atomic E-state index is 0.153. The van der Waals surface area contributed by atoms with Crippen LogP contribution in [-0.4, -0.2) is 34.7 Å². The third-order valence-electron chi connectivity index (χ3n) is 5.12. The van der Waals surface area contributed by atoms with Gasteiger partial charge in [0.25, 0.3) is 0 Å². The number of piperidine rings is 1. The van der Waals surface area contributed by atoms with Gasteiger partial charge < -0.3 is 19.5 Å². The molecule has 0 saturated carbocycles. The molecule has 1 atom stereocenters. The number of nitrogens with zero attached hydrogens (tertiary/aromatic N) is 3. The highest BCUT2D eigenvalue weighted by atomic mass is 16.5. The molecule has 1 aromatic heterocycles. The van der Waals surface area contributed by atoms with Crippen LogP contribution in [0.5, 0.6) is 5.75 Å². The van der Waals surface area contributed by atoms with Crippen LogP contribution in [-0.2, 0) is 0 Å². The van der Waals surface area contributed by atoms with E-state index in [2.05, 4.69) is 15.5 Å². The summed E-state index contributed by atoms with van der Waals surface area (Å²) in [7, 11) is 1.62.